The van der Waals surface area contributed by atoms with Crippen LogP contribution in [0, 0.1) is 0 Å². The molecule has 0 aliphatic rings. The van der Waals surface area contributed by atoms with Gasteiger partial charge in [0.15, 0.2) is 0 Å². The Kier molecular flexibility index (Phi) is 8.10. The van der Waals surface area contributed by atoms with Gasteiger partial charge in [0.1, 0.15) is 5.75 Å². The van der Waals surface area contributed by atoms with Gasteiger partial charge >= 0.3 is 0 Å². The summed E-state index contributed by atoms with van der Waals surface area (Å²) in [6.07, 6.45) is 3.34. The van der Waals surface area contributed by atoms with Crippen LogP contribution in [0.15, 0.2) is 29.2 Å². The molecule has 0 heterocycles. The molecule has 1 atom stereocenters. The maximum absolute atomic E-state index is 12.2. The third kappa shape index (κ3) is 6.69. The lowest BCUT2D eigenvalue weighted by atomic mass is 10.3. The molecule has 5 nitrogen and oxygen atoms in total. The van der Waals surface area contributed by atoms with Gasteiger partial charge in [0, 0.05) is 19.1 Å². The summed E-state index contributed by atoms with van der Waals surface area (Å²) in [6.45, 7) is 2.34. The van der Waals surface area contributed by atoms with Crippen LogP contribution in [0.3, 0.4) is 0 Å². The first-order valence-electron chi connectivity index (χ1n) is 6.84. The summed E-state index contributed by atoms with van der Waals surface area (Å²) in [5, 5.41) is 8.67. The van der Waals surface area contributed by atoms with Gasteiger partial charge in [0.2, 0.25) is 10.0 Å². The van der Waals surface area contributed by atoms with Crippen molar-refractivity contribution in [2.24, 2.45) is 0 Å². The van der Waals surface area contributed by atoms with E-state index in [0.29, 0.717) is 18.8 Å². The van der Waals surface area contributed by atoms with Crippen molar-refractivity contribution in [3.05, 3.63) is 24.3 Å². The largest absolute Gasteiger partial charge is 0.494 e. The molecule has 1 unspecified atom stereocenters. The molecule has 0 bridgehead atoms. The van der Waals surface area contributed by atoms with Crippen LogP contribution in [-0.2, 0) is 10.0 Å². The van der Waals surface area contributed by atoms with Crippen molar-refractivity contribution in [2.45, 2.75) is 30.7 Å². The number of sulfonamides is 1. The molecule has 0 saturated heterocycles. The predicted octanol–water partition coefficient (Wildman–Crippen LogP) is 1.87. The van der Waals surface area contributed by atoms with E-state index in [2.05, 4.69) is 4.72 Å². The lowest BCUT2D eigenvalue weighted by Gasteiger charge is -2.14. The maximum atomic E-state index is 12.2. The van der Waals surface area contributed by atoms with E-state index in [9.17, 15) is 8.42 Å². The first-order valence-corrected chi connectivity index (χ1v) is 9.72. The number of benzene rings is 1. The lowest BCUT2D eigenvalue weighted by Crippen LogP contribution is -2.32. The van der Waals surface area contributed by atoms with E-state index in [1.807, 2.05) is 13.2 Å². The second-order valence-electron chi connectivity index (χ2n) is 4.70. The van der Waals surface area contributed by atoms with Crippen molar-refractivity contribution in [1.82, 2.24) is 4.72 Å². The van der Waals surface area contributed by atoms with Crippen LogP contribution in [0.5, 0.6) is 5.75 Å². The highest BCUT2D eigenvalue weighted by atomic mass is 32.2. The Bertz CT molecular complexity index is 502. The van der Waals surface area contributed by atoms with Crippen molar-refractivity contribution < 1.29 is 18.3 Å². The predicted molar refractivity (Wildman–Crippen MR) is 86.4 cm³/mol. The smallest absolute Gasteiger partial charge is 0.240 e. The molecular weight excluding hydrogens is 310 g/mol. The highest BCUT2D eigenvalue weighted by Gasteiger charge is 2.17. The molecule has 0 radical (unpaired) electrons. The van der Waals surface area contributed by atoms with Crippen molar-refractivity contribution in [1.29, 1.82) is 0 Å². The van der Waals surface area contributed by atoms with Crippen molar-refractivity contribution in [2.75, 3.05) is 25.2 Å². The summed E-state index contributed by atoms with van der Waals surface area (Å²) >= 11 is 1.69. The van der Waals surface area contributed by atoms with Gasteiger partial charge in [-0.25, -0.2) is 13.1 Å². The highest BCUT2D eigenvalue weighted by Crippen LogP contribution is 2.16. The fourth-order valence-corrected chi connectivity index (χ4v) is 3.52. The van der Waals surface area contributed by atoms with Crippen LogP contribution in [0.2, 0.25) is 0 Å². The molecule has 1 aromatic rings. The fraction of sp³-hybridized carbons (Fsp3) is 0.571. The minimum Gasteiger partial charge on any atom is -0.494 e. The number of hydrogen-bond donors (Lipinski definition) is 2. The van der Waals surface area contributed by atoms with Crippen molar-refractivity contribution in [3.63, 3.8) is 0 Å². The molecule has 0 aliphatic heterocycles. The molecule has 0 amide bonds. The third-order valence-electron chi connectivity index (χ3n) is 2.82. The van der Waals surface area contributed by atoms with Gasteiger partial charge in [-0.3, -0.25) is 0 Å². The standard InChI is InChI=1S/C14H23NO4S2/c1-12(8-11-20-2)15-21(17,18)14-6-4-13(5-7-14)19-10-3-9-16/h4-7,12,15-16H,3,8-11H2,1-2H3. The molecule has 1 aromatic carbocycles. The summed E-state index contributed by atoms with van der Waals surface area (Å²) < 4.78 is 32.4. The Morgan fingerprint density at radius 2 is 2.00 bits per heavy atom. The molecule has 0 saturated carbocycles. The van der Waals surface area contributed by atoms with E-state index in [-0.39, 0.29) is 17.5 Å². The molecular formula is C14H23NO4S2. The fourth-order valence-electron chi connectivity index (χ4n) is 1.66. The Hall–Kier alpha value is -0.760. The molecule has 120 valence electrons. The molecule has 21 heavy (non-hydrogen) atoms. The van der Waals surface area contributed by atoms with Crippen molar-refractivity contribution in [3.8, 4) is 5.75 Å². The molecule has 0 fully saturated rings. The van der Waals surface area contributed by atoms with E-state index in [0.717, 1.165) is 12.2 Å². The Morgan fingerprint density at radius 3 is 2.57 bits per heavy atom. The van der Waals surface area contributed by atoms with Gasteiger partial charge in [-0.05, 0) is 49.6 Å². The van der Waals surface area contributed by atoms with E-state index in [1.165, 1.54) is 12.1 Å². The van der Waals surface area contributed by atoms with Gasteiger partial charge in [-0.1, -0.05) is 0 Å². The van der Waals surface area contributed by atoms with Crippen LogP contribution < -0.4 is 9.46 Å². The van der Waals surface area contributed by atoms with Gasteiger partial charge in [-0.2, -0.15) is 11.8 Å². The van der Waals surface area contributed by atoms with Gasteiger partial charge in [0.05, 0.1) is 11.5 Å². The highest BCUT2D eigenvalue weighted by molar-refractivity contribution is 7.98. The second kappa shape index (κ2) is 9.30. The summed E-state index contributed by atoms with van der Waals surface area (Å²) in [5.74, 6) is 1.51. The molecule has 0 aromatic heterocycles. The summed E-state index contributed by atoms with van der Waals surface area (Å²) in [4.78, 5) is 0.230. The first kappa shape index (κ1) is 18.3. The number of aliphatic hydroxyl groups excluding tert-OH is 1. The monoisotopic (exact) mass is 333 g/mol. The summed E-state index contributed by atoms with van der Waals surface area (Å²) in [7, 11) is -3.49. The molecule has 0 aliphatic carbocycles. The number of nitrogens with one attached hydrogen (secondary N) is 1. The minimum atomic E-state index is -3.49. The molecule has 2 N–H and O–H groups in total. The average molecular weight is 333 g/mol. The lowest BCUT2D eigenvalue weighted by molar-refractivity contribution is 0.233. The third-order valence-corrected chi connectivity index (χ3v) is 5.07. The summed E-state index contributed by atoms with van der Waals surface area (Å²) in [5.41, 5.74) is 0. The average Bonchev–Trinajstić information content (AvgIpc) is 2.45. The molecule has 1 rings (SSSR count). The van der Waals surface area contributed by atoms with Gasteiger partial charge < -0.3 is 9.84 Å². The maximum Gasteiger partial charge on any atom is 0.240 e. The number of thioether (sulfide) groups is 1. The number of hydrogen-bond acceptors (Lipinski definition) is 5. The quantitative estimate of drug-likeness (QED) is 0.639. The number of ether oxygens (including phenoxy) is 1. The Balaban J connectivity index is 2.62. The zero-order valence-electron chi connectivity index (χ0n) is 12.4. The van der Waals surface area contributed by atoms with E-state index in [1.54, 1.807) is 23.9 Å². The topological polar surface area (TPSA) is 75.6 Å². The molecule has 0 spiro atoms. The van der Waals surface area contributed by atoms with Crippen LogP contribution in [0.1, 0.15) is 19.8 Å². The van der Waals surface area contributed by atoms with Crippen molar-refractivity contribution >= 4 is 21.8 Å². The zero-order chi connectivity index (χ0) is 15.7. The second-order valence-corrected chi connectivity index (χ2v) is 7.40. The van der Waals surface area contributed by atoms with Crippen LogP contribution in [-0.4, -0.2) is 44.8 Å². The van der Waals surface area contributed by atoms with Gasteiger partial charge in [0.25, 0.3) is 0 Å². The van der Waals surface area contributed by atoms with E-state index < -0.39 is 10.0 Å². The van der Waals surface area contributed by atoms with Crippen LogP contribution in [0.4, 0.5) is 0 Å². The molecule has 7 heteroatoms. The Labute approximate surface area is 131 Å². The zero-order valence-corrected chi connectivity index (χ0v) is 14.0. The van der Waals surface area contributed by atoms with Crippen LogP contribution >= 0.6 is 11.8 Å². The van der Waals surface area contributed by atoms with Gasteiger partial charge in [-0.15, -0.1) is 0 Å². The van der Waals surface area contributed by atoms with E-state index >= 15 is 0 Å². The first-order chi connectivity index (χ1) is 9.99. The minimum absolute atomic E-state index is 0.0737. The number of aliphatic hydroxyl groups is 1. The van der Waals surface area contributed by atoms with E-state index in [4.69, 9.17) is 9.84 Å². The SMILES string of the molecule is CSCCC(C)NS(=O)(=O)c1ccc(OCCCO)cc1. The van der Waals surface area contributed by atoms with Crippen LogP contribution in [0.25, 0.3) is 0 Å². The Morgan fingerprint density at radius 1 is 1.33 bits per heavy atom. The summed E-state index contributed by atoms with van der Waals surface area (Å²) in [6, 6.07) is 6.20. The normalized spacial score (nSPS) is 13.1. The number of rotatable bonds is 10.